The van der Waals surface area contributed by atoms with Crippen molar-refractivity contribution in [2.75, 3.05) is 20.3 Å². The first kappa shape index (κ1) is 14.9. The lowest BCUT2D eigenvalue weighted by Crippen LogP contribution is -2.32. The molecule has 0 saturated carbocycles. The molecule has 1 atom stereocenters. The lowest BCUT2D eigenvalue weighted by molar-refractivity contribution is -0.120. The summed E-state index contributed by atoms with van der Waals surface area (Å²) >= 11 is 0. The highest BCUT2D eigenvalue weighted by Crippen LogP contribution is 2.24. The van der Waals surface area contributed by atoms with Crippen molar-refractivity contribution in [1.82, 2.24) is 5.32 Å². The molecule has 1 fully saturated rings. The molecule has 0 bridgehead atoms. The Morgan fingerprint density at radius 1 is 1.40 bits per heavy atom. The van der Waals surface area contributed by atoms with Crippen molar-refractivity contribution in [3.8, 4) is 5.75 Å². The minimum atomic E-state index is 0.0492. The lowest BCUT2D eigenvalue weighted by Gasteiger charge is -2.14. The van der Waals surface area contributed by atoms with E-state index in [0.29, 0.717) is 13.0 Å². The summed E-state index contributed by atoms with van der Waals surface area (Å²) in [7, 11) is 1.66. The molecule has 1 aliphatic rings. The van der Waals surface area contributed by atoms with E-state index in [0.717, 1.165) is 41.9 Å². The van der Waals surface area contributed by atoms with Crippen molar-refractivity contribution in [1.29, 1.82) is 0 Å². The second-order valence-corrected chi connectivity index (χ2v) is 5.29. The summed E-state index contributed by atoms with van der Waals surface area (Å²) in [4.78, 5) is 12.0. The highest BCUT2D eigenvalue weighted by atomic mass is 16.5. The Hall–Kier alpha value is -1.55. The Kier molecular flexibility index (Phi) is 5.01. The number of nitrogens with one attached hydrogen (secondary N) is 1. The van der Waals surface area contributed by atoms with Gasteiger partial charge in [-0.1, -0.05) is 6.07 Å². The zero-order chi connectivity index (χ0) is 14.5. The highest BCUT2D eigenvalue weighted by molar-refractivity contribution is 5.79. The quantitative estimate of drug-likeness (QED) is 0.897. The van der Waals surface area contributed by atoms with Gasteiger partial charge in [-0.3, -0.25) is 4.79 Å². The van der Waals surface area contributed by atoms with Crippen LogP contribution in [0.5, 0.6) is 5.75 Å². The monoisotopic (exact) mass is 277 g/mol. The van der Waals surface area contributed by atoms with Gasteiger partial charge in [-0.15, -0.1) is 0 Å². The van der Waals surface area contributed by atoms with Crippen molar-refractivity contribution < 1.29 is 14.3 Å². The molecule has 1 aromatic carbocycles. The van der Waals surface area contributed by atoms with Gasteiger partial charge in [-0.2, -0.15) is 0 Å². The average Bonchev–Trinajstić information content (AvgIpc) is 2.95. The first-order chi connectivity index (χ1) is 9.61. The van der Waals surface area contributed by atoms with E-state index in [1.54, 1.807) is 7.11 Å². The summed E-state index contributed by atoms with van der Waals surface area (Å²) < 4.78 is 10.8. The molecule has 1 heterocycles. The third kappa shape index (κ3) is 3.51. The summed E-state index contributed by atoms with van der Waals surface area (Å²) in [6.07, 6.45) is 2.74. The topological polar surface area (TPSA) is 47.6 Å². The molecule has 0 aliphatic carbocycles. The van der Waals surface area contributed by atoms with E-state index in [1.807, 2.05) is 26.0 Å². The molecular weight excluding hydrogens is 254 g/mol. The van der Waals surface area contributed by atoms with Crippen LogP contribution in [-0.4, -0.2) is 32.3 Å². The summed E-state index contributed by atoms with van der Waals surface area (Å²) in [6, 6.07) is 3.89. The van der Waals surface area contributed by atoms with Gasteiger partial charge in [0.25, 0.3) is 0 Å². The molecule has 1 unspecified atom stereocenters. The van der Waals surface area contributed by atoms with Crippen LogP contribution >= 0.6 is 0 Å². The number of benzene rings is 1. The molecule has 1 amide bonds. The van der Waals surface area contributed by atoms with Gasteiger partial charge in [-0.05, 0) is 49.4 Å². The van der Waals surface area contributed by atoms with Gasteiger partial charge in [-0.25, -0.2) is 0 Å². The molecule has 2 rings (SSSR count). The highest BCUT2D eigenvalue weighted by Gasteiger charge is 2.16. The van der Waals surface area contributed by atoms with Crippen LogP contribution in [0.2, 0.25) is 0 Å². The molecular formula is C16H23NO3. The lowest BCUT2D eigenvalue weighted by atomic mass is 10.00. The predicted octanol–water partition coefficient (Wildman–Crippen LogP) is 2.15. The number of ether oxygens (including phenoxy) is 2. The summed E-state index contributed by atoms with van der Waals surface area (Å²) in [5.74, 6) is 0.916. The number of rotatable bonds is 5. The summed E-state index contributed by atoms with van der Waals surface area (Å²) in [5.41, 5.74) is 3.27. The third-order valence-electron chi connectivity index (χ3n) is 3.97. The van der Waals surface area contributed by atoms with Crippen LogP contribution in [0, 0.1) is 13.8 Å². The predicted molar refractivity (Wildman–Crippen MR) is 78.2 cm³/mol. The molecule has 4 nitrogen and oxygen atoms in total. The molecule has 0 aromatic heterocycles. The van der Waals surface area contributed by atoms with Crippen LogP contribution in [0.15, 0.2) is 12.1 Å². The van der Waals surface area contributed by atoms with Crippen molar-refractivity contribution in [2.24, 2.45) is 0 Å². The van der Waals surface area contributed by atoms with E-state index in [2.05, 4.69) is 5.32 Å². The maximum absolute atomic E-state index is 12.0. The number of hydrogen-bond donors (Lipinski definition) is 1. The fourth-order valence-corrected chi connectivity index (χ4v) is 2.53. The van der Waals surface area contributed by atoms with Crippen LogP contribution in [0.25, 0.3) is 0 Å². The molecule has 1 aliphatic heterocycles. The molecule has 4 heteroatoms. The first-order valence-corrected chi connectivity index (χ1v) is 7.13. The Morgan fingerprint density at radius 2 is 2.20 bits per heavy atom. The molecule has 20 heavy (non-hydrogen) atoms. The number of carbonyl (C=O) groups excluding carboxylic acids is 1. The molecule has 110 valence electrons. The summed E-state index contributed by atoms with van der Waals surface area (Å²) in [6.45, 7) is 5.48. The Bertz CT molecular complexity index is 479. The standard InChI is InChI=1S/C16H23NO3/c1-11-12(2)15(19-3)7-6-13(11)9-16(18)17-10-14-5-4-8-20-14/h6-7,14H,4-5,8-10H2,1-3H3,(H,17,18). The zero-order valence-corrected chi connectivity index (χ0v) is 12.5. The van der Waals surface area contributed by atoms with Crippen molar-refractivity contribution >= 4 is 5.91 Å². The second-order valence-electron chi connectivity index (χ2n) is 5.29. The van der Waals surface area contributed by atoms with E-state index < -0.39 is 0 Å². The van der Waals surface area contributed by atoms with E-state index in [1.165, 1.54) is 0 Å². The van der Waals surface area contributed by atoms with Crippen LogP contribution in [0.3, 0.4) is 0 Å². The van der Waals surface area contributed by atoms with E-state index in [-0.39, 0.29) is 12.0 Å². The minimum absolute atomic E-state index is 0.0492. The van der Waals surface area contributed by atoms with Crippen LogP contribution in [-0.2, 0) is 16.0 Å². The normalized spacial score (nSPS) is 18.1. The minimum Gasteiger partial charge on any atom is -0.496 e. The van der Waals surface area contributed by atoms with Gasteiger partial charge >= 0.3 is 0 Å². The van der Waals surface area contributed by atoms with Gasteiger partial charge in [0, 0.05) is 13.2 Å². The SMILES string of the molecule is COc1ccc(CC(=O)NCC2CCCO2)c(C)c1C. The molecule has 0 spiro atoms. The van der Waals surface area contributed by atoms with Crippen molar-refractivity contribution in [3.05, 3.63) is 28.8 Å². The maximum atomic E-state index is 12.0. The number of methoxy groups -OCH3 is 1. The van der Waals surface area contributed by atoms with E-state index >= 15 is 0 Å². The van der Waals surface area contributed by atoms with E-state index in [9.17, 15) is 4.79 Å². The molecule has 1 saturated heterocycles. The Labute approximate surface area is 120 Å². The third-order valence-corrected chi connectivity index (χ3v) is 3.97. The van der Waals surface area contributed by atoms with Crippen molar-refractivity contribution in [2.45, 2.75) is 39.2 Å². The van der Waals surface area contributed by atoms with Gasteiger partial charge in [0.1, 0.15) is 5.75 Å². The van der Waals surface area contributed by atoms with Crippen LogP contribution in [0.4, 0.5) is 0 Å². The van der Waals surface area contributed by atoms with Crippen molar-refractivity contribution in [3.63, 3.8) is 0 Å². The summed E-state index contributed by atoms with van der Waals surface area (Å²) in [5, 5.41) is 2.95. The van der Waals surface area contributed by atoms with Gasteiger partial charge in [0.2, 0.25) is 5.91 Å². The second kappa shape index (κ2) is 6.75. The number of carbonyl (C=O) groups is 1. The fraction of sp³-hybridized carbons (Fsp3) is 0.562. The number of amides is 1. The largest absolute Gasteiger partial charge is 0.496 e. The Morgan fingerprint density at radius 3 is 2.85 bits per heavy atom. The van der Waals surface area contributed by atoms with Crippen LogP contribution < -0.4 is 10.1 Å². The van der Waals surface area contributed by atoms with Gasteiger partial charge in [0.15, 0.2) is 0 Å². The smallest absolute Gasteiger partial charge is 0.224 e. The zero-order valence-electron chi connectivity index (χ0n) is 12.5. The van der Waals surface area contributed by atoms with Gasteiger partial charge in [0.05, 0.1) is 19.6 Å². The maximum Gasteiger partial charge on any atom is 0.224 e. The average molecular weight is 277 g/mol. The van der Waals surface area contributed by atoms with Gasteiger partial charge < -0.3 is 14.8 Å². The molecule has 1 aromatic rings. The van der Waals surface area contributed by atoms with E-state index in [4.69, 9.17) is 9.47 Å². The van der Waals surface area contributed by atoms with Crippen LogP contribution in [0.1, 0.15) is 29.5 Å². The number of hydrogen-bond acceptors (Lipinski definition) is 3. The molecule has 1 N–H and O–H groups in total. The first-order valence-electron chi connectivity index (χ1n) is 7.13. The fourth-order valence-electron chi connectivity index (χ4n) is 2.53. The Balaban J connectivity index is 1.92. The molecule has 0 radical (unpaired) electrons.